The van der Waals surface area contributed by atoms with E-state index in [4.69, 9.17) is 9.47 Å². The first-order valence-corrected chi connectivity index (χ1v) is 8.86. The zero-order valence-electron chi connectivity index (χ0n) is 15.7. The molecule has 4 amide bonds. The molecule has 1 unspecified atom stereocenters. The maximum Gasteiger partial charge on any atom is 0.325 e. The number of hydrogen-bond donors (Lipinski definition) is 2. The number of hydrogen-bond acceptors (Lipinski definition) is 7. The number of non-ortho nitro benzene ring substituents is 1. The molecule has 11 nitrogen and oxygen atoms in total. The fourth-order valence-electron chi connectivity index (χ4n) is 3.29. The SMILES string of the molecule is CC1(c2cccc([N+](=O)[O-])c2)NC(=O)N(CC(=O)Nc2ccc3c(c2)OCO3)C1=O. The minimum atomic E-state index is -1.53. The molecule has 1 atom stereocenters. The van der Waals surface area contributed by atoms with Gasteiger partial charge in [0.05, 0.1) is 4.92 Å². The van der Waals surface area contributed by atoms with Crippen LogP contribution in [0.25, 0.3) is 0 Å². The van der Waals surface area contributed by atoms with Gasteiger partial charge in [0.2, 0.25) is 12.7 Å². The van der Waals surface area contributed by atoms with E-state index in [2.05, 4.69) is 10.6 Å². The van der Waals surface area contributed by atoms with E-state index in [1.165, 1.54) is 31.2 Å². The van der Waals surface area contributed by atoms with E-state index in [-0.39, 0.29) is 18.0 Å². The summed E-state index contributed by atoms with van der Waals surface area (Å²) < 4.78 is 10.4. The Morgan fingerprint density at radius 1 is 1.23 bits per heavy atom. The molecule has 0 radical (unpaired) electrons. The molecule has 30 heavy (non-hydrogen) atoms. The van der Waals surface area contributed by atoms with Gasteiger partial charge >= 0.3 is 6.03 Å². The normalized spacial score (nSPS) is 19.6. The van der Waals surface area contributed by atoms with Gasteiger partial charge in [-0.2, -0.15) is 0 Å². The molecule has 154 valence electrons. The summed E-state index contributed by atoms with van der Waals surface area (Å²) >= 11 is 0. The third-order valence-corrected chi connectivity index (χ3v) is 4.87. The topological polar surface area (TPSA) is 140 Å². The van der Waals surface area contributed by atoms with Crippen LogP contribution in [-0.2, 0) is 15.1 Å². The number of imide groups is 1. The van der Waals surface area contributed by atoms with Crippen molar-refractivity contribution >= 4 is 29.2 Å². The van der Waals surface area contributed by atoms with Gasteiger partial charge in [-0.3, -0.25) is 24.6 Å². The summed E-state index contributed by atoms with van der Waals surface area (Å²) in [6.07, 6.45) is 0. The van der Waals surface area contributed by atoms with E-state index in [9.17, 15) is 24.5 Å². The van der Waals surface area contributed by atoms with Gasteiger partial charge in [0.15, 0.2) is 11.5 Å². The van der Waals surface area contributed by atoms with Crippen molar-refractivity contribution in [3.05, 3.63) is 58.1 Å². The standard InChI is InChI=1S/C19H16N4O7/c1-19(11-3-2-4-13(7-11)23(27)28)17(25)22(18(26)21-19)9-16(24)20-12-5-6-14-15(8-12)30-10-29-14/h2-8H,9-10H2,1H3,(H,20,24)(H,21,26). The first-order valence-electron chi connectivity index (χ1n) is 8.86. The number of ether oxygens (including phenoxy) is 2. The Morgan fingerprint density at radius 3 is 2.77 bits per heavy atom. The largest absolute Gasteiger partial charge is 0.454 e. The summed E-state index contributed by atoms with van der Waals surface area (Å²) in [6, 6.07) is 9.46. The van der Waals surface area contributed by atoms with E-state index in [1.807, 2.05) is 0 Å². The highest BCUT2D eigenvalue weighted by atomic mass is 16.7. The number of carbonyl (C=O) groups excluding carboxylic acids is 3. The summed E-state index contributed by atoms with van der Waals surface area (Å²) in [7, 11) is 0. The number of nitrogens with one attached hydrogen (secondary N) is 2. The summed E-state index contributed by atoms with van der Waals surface area (Å²) in [4.78, 5) is 48.9. The molecule has 0 spiro atoms. The lowest BCUT2D eigenvalue weighted by molar-refractivity contribution is -0.385. The molecule has 2 aromatic rings. The van der Waals surface area contributed by atoms with E-state index in [1.54, 1.807) is 18.2 Å². The summed E-state index contributed by atoms with van der Waals surface area (Å²) in [5.74, 6) is -0.259. The van der Waals surface area contributed by atoms with Crippen LogP contribution in [0.3, 0.4) is 0 Å². The van der Waals surface area contributed by atoms with Crippen LogP contribution in [0, 0.1) is 10.1 Å². The summed E-state index contributed by atoms with van der Waals surface area (Å²) in [5, 5.41) is 16.1. The first-order chi connectivity index (χ1) is 14.3. The fraction of sp³-hybridized carbons (Fsp3) is 0.211. The number of benzene rings is 2. The van der Waals surface area contributed by atoms with Crippen LogP contribution >= 0.6 is 0 Å². The smallest absolute Gasteiger partial charge is 0.325 e. The number of carbonyl (C=O) groups is 3. The number of rotatable bonds is 5. The van der Waals surface area contributed by atoms with Crippen LogP contribution in [-0.4, -0.2) is 41.0 Å². The quantitative estimate of drug-likeness (QED) is 0.433. The Bertz CT molecular complexity index is 1090. The highest BCUT2D eigenvalue weighted by molar-refractivity contribution is 6.10. The molecule has 2 aliphatic rings. The molecule has 1 fully saturated rings. The van der Waals surface area contributed by atoms with E-state index in [0.29, 0.717) is 17.2 Å². The second-order valence-corrected chi connectivity index (χ2v) is 6.87. The molecular formula is C19H16N4O7. The predicted octanol–water partition coefficient (Wildman–Crippen LogP) is 1.73. The molecule has 2 aromatic carbocycles. The molecule has 0 aromatic heterocycles. The Hall–Kier alpha value is -4.15. The van der Waals surface area contributed by atoms with Gasteiger partial charge in [-0.05, 0) is 24.6 Å². The van der Waals surface area contributed by atoms with Crippen LogP contribution in [0.2, 0.25) is 0 Å². The molecule has 2 N–H and O–H groups in total. The second kappa shape index (κ2) is 7.03. The summed E-state index contributed by atoms with van der Waals surface area (Å²) in [6.45, 7) is 0.997. The van der Waals surface area contributed by atoms with E-state index < -0.39 is 34.9 Å². The van der Waals surface area contributed by atoms with Crippen molar-refractivity contribution in [2.75, 3.05) is 18.7 Å². The van der Waals surface area contributed by atoms with Crippen molar-refractivity contribution in [2.24, 2.45) is 0 Å². The molecule has 2 heterocycles. The first kappa shape index (κ1) is 19.2. The zero-order valence-corrected chi connectivity index (χ0v) is 15.7. The Labute approximate surface area is 169 Å². The van der Waals surface area contributed by atoms with Crippen molar-refractivity contribution in [1.29, 1.82) is 0 Å². The number of urea groups is 1. The molecule has 4 rings (SSSR count). The van der Waals surface area contributed by atoms with Crippen molar-refractivity contribution < 1.29 is 28.8 Å². The van der Waals surface area contributed by atoms with Gasteiger partial charge in [-0.25, -0.2) is 4.79 Å². The number of nitrogens with zero attached hydrogens (tertiary/aromatic N) is 2. The van der Waals surface area contributed by atoms with Crippen molar-refractivity contribution in [3.63, 3.8) is 0 Å². The van der Waals surface area contributed by atoms with E-state index >= 15 is 0 Å². The number of amides is 4. The van der Waals surface area contributed by atoms with Crippen LogP contribution in [0.5, 0.6) is 11.5 Å². The lowest BCUT2D eigenvalue weighted by atomic mass is 9.91. The van der Waals surface area contributed by atoms with Gasteiger partial charge in [-0.1, -0.05) is 12.1 Å². The molecule has 0 saturated carbocycles. The highest BCUT2D eigenvalue weighted by Gasteiger charge is 2.49. The monoisotopic (exact) mass is 412 g/mol. The maximum atomic E-state index is 12.9. The maximum absolute atomic E-state index is 12.9. The van der Waals surface area contributed by atoms with Crippen LogP contribution in [0.4, 0.5) is 16.2 Å². The van der Waals surface area contributed by atoms with Crippen LogP contribution in [0.1, 0.15) is 12.5 Å². The average Bonchev–Trinajstić information content (AvgIpc) is 3.26. The average molecular weight is 412 g/mol. The second-order valence-electron chi connectivity index (χ2n) is 6.87. The van der Waals surface area contributed by atoms with Gasteiger partial charge in [0.1, 0.15) is 12.1 Å². The van der Waals surface area contributed by atoms with Gasteiger partial charge in [0.25, 0.3) is 11.6 Å². The highest BCUT2D eigenvalue weighted by Crippen LogP contribution is 2.34. The van der Waals surface area contributed by atoms with Crippen LogP contribution < -0.4 is 20.1 Å². The number of anilines is 1. The van der Waals surface area contributed by atoms with E-state index in [0.717, 1.165) is 4.90 Å². The molecular weight excluding hydrogens is 396 g/mol. The van der Waals surface area contributed by atoms with Gasteiger partial charge in [0, 0.05) is 23.9 Å². The summed E-state index contributed by atoms with van der Waals surface area (Å²) in [5.41, 5.74) is -1.08. The predicted molar refractivity (Wildman–Crippen MR) is 102 cm³/mol. The minimum Gasteiger partial charge on any atom is -0.454 e. The number of fused-ring (bicyclic) bond motifs is 1. The zero-order chi connectivity index (χ0) is 21.5. The third kappa shape index (κ3) is 3.26. The van der Waals surface area contributed by atoms with Crippen molar-refractivity contribution in [3.8, 4) is 11.5 Å². The number of nitro benzene ring substituents is 1. The van der Waals surface area contributed by atoms with Crippen molar-refractivity contribution in [1.82, 2.24) is 10.2 Å². The molecule has 2 aliphatic heterocycles. The lowest BCUT2D eigenvalue weighted by Crippen LogP contribution is -2.42. The molecule has 0 aliphatic carbocycles. The molecule has 1 saturated heterocycles. The fourth-order valence-corrected chi connectivity index (χ4v) is 3.29. The third-order valence-electron chi connectivity index (χ3n) is 4.87. The lowest BCUT2D eigenvalue weighted by Gasteiger charge is -2.22. The Kier molecular flexibility index (Phi) is 4.49. The number of nitro groups is 1. The van der Waals surface area contributed by atoms with Crippen LogP contribution in [0.15, 0.2) is 42.5 Å². The molecule has 0 bridgehead atoms. The van der Waals surface area contributed by atoms with Gasteiger partial charge < -0.3 is 20.1 Å². The molecule has 11 heteroatoms. The van der Waals surface area contributed by atoms with Gasteiger partial charge in [-0.15, -0.1) is 0 Å². The Morgan fingerprint density at radius 2 is 2.00 bits per heavy atom. The minimum absolute atomic E-state index is 0.0887. The Balaban J connectivity index is 1.49. The van der Waals surface area contributed by atoms with Crippen molar-refractivity contribution in [2.45, 2.75) is 12.5 Å².